The zero-order valence-corrected chi connectivity index (χ0v) is 13.1. The average Bonchev–Trinajstić information content (AvgIpc) is 2.37. The van der Waals surface area contributed by atoms with Crippen molar-refractivity contribution in [2.45, 2.75) is 44.8 Å². The standard InChI is InChI=1S/C15H23NO3S/c1-15(2,3)20(19)16-11-5-4-6-12-7-9-13(10-8-12)14(17)18/h7-10,16H,4-6,11H2,1-3H3,(H,17,18)/t20-/m0/s1. The van der Waals surface area contributed by atoms with E-state index in [1.54, 1.807) is 12.1 Å². The van der Waals surface area contributed by atoms with Gasteiger partial charge in [-0.1, -0.05) is 12.1 Å². The summed E-state index contributed by atoms with van der Waals surface area (Å²) >= 11 is -1.01. The molecule has 0 aliphatic carbocycles. The number of carboxylic acid groups (broad SMARTS) is 1. The lowest BCUT2D eigenvalue weighted by molar-refractivity contribution is 0.0697. The van der Waals surface area contributed by atoms with E-state index in [-0.39, 0.29) is 4.75 Å². The van der Waals surface area contributed by atoms with Crippen LogP contribution >= 0.6 is 0 Å². The molecule has 0 aliphatic rings. The second kappa shape index (κ2) is 7.67. The van der Waals surface area contributed by atoms with Gasteiger partial charge in [-0.3, -0.25) is 0 Å². The molecule has 0 saturated carbocycles. The number of aromatic carboxylic acids is 1. The number of carbonyl (C=O) groups is 1. The summed E-state index contributed by atoms with van der Waals surface area (Å²) in [6.45, 7) is 6.57. The predicted molar refractivity (Wildman–Crippen MR) is 82.2 cm³/mol. The Morgan fingerprint density at radius 3 is 2.35 bits per heavy atom. The van der Waals surface area contributed by atoms with Crippen molar-refractivity contribution in [1.82, 2.24) is 4.72 Å². The van der Waals surface area contributed by atoms with Crippen LogP contribution in [0.3, 0.4) is 0 Å². The minimum absolute atomic E-state index is 0.230. The van der Waals surface area contributed by atoms with Gasteiger partial charge in [-0.15, -0.1) is 4.72 Å². The van der Waals surface area contributed by atoms with E-state index in [1.165, 1.54) is 0 Å². The number of hydrogen-bond acceptors (Lipinski definition) is 3. The van der Waals surface area contributed by atoms with Crippen molar-refractivity contribution >= 4 is 17.3 Å². The second-order valence-corrected chi connectivity index (χ2v) is 7.79. The zero-order chi connectivity index (χ0) is 15.2. The van der Waals surface area contributed by atoms with E-state index in [0.717, 1.165) is 31.4 Å². The maximum atomic E-state index is 11.7. The van der Waals surface area contributed by atoms with Gasteiger partial charge in [0.25, 0.3) is 0 Å². The van der Waals surface area contributed by atoms with Crippen molar-refractivity contribution in [2.24, 2.45) is 0 Å². The molecule has 0 heterocycles. The Morgan fingerprint density at radius 1 is 1.25 bits per heavy atom. The average molecular weight is 297 g/mol. The number of rotatable bonds is 7. The number of unbranched alkanes of at least 4 members (excludes halogenated alkanes) is 1. The van der Waals surface area contributed by atoms with Gasteiger partial charge in [0.2, 0.25) is 0 Å². The number of aryl methyl sites for hydroxylation is 1. The SMILES string of the molecule is CC(C)(C)[S@+]([O-])NCCCCc1ccc(C(=O)O)cc1. The number of hydrogen-bond donors (Lipinski definition) is 2. The summed E-state index contributed by atoms with van der Waals surface area (Å²) in [6.07, 6.45) is 2.84. The molecule has 0 fully saturated rings. The van der Waals surface area contributed by atoms with Crippen LogP contribution in [0.4, 0.5) is 0 Å². The fourth-order valence-electron chi connectivity index (χ4n) is 1.65. The van der Waals surface area contributed by atoms with Crippen LogP contribution in [0.5, 0.6) is 0 Å². The van der Waals surface area contributed by atoms with Crippen LogP contribution < -0.4 is 4.72 Å². The highest BCUT2D eigenvalue weighted by molar-refractivity contribution is 7.90. The van der Waals surface area contributed by atoms with E-state index in [2.05, 4.69) is 4.72 Å². The van der Waals surface area contributed by atoms with E-state index in [4.69, 9.17) is 5.11 Å². The summed E-state index contributed by atoms with van der Waals surface area (Å²) < 4.78 is 14.5. The summed E-state index contributed by atoms with van der Waals surface area (Å²) in [5.74, 6) is -0.898. The number of benzene rings is 1. The molecule has 20 heavy (non-hydrogen) atoms. The molecule has 1 rings (SSSR count). The molecule has 0 amide bonds. The number of carboxylic acids is 1. The fourth-order valence-corrected chi connectivity index (χ4v) is 2.41. The quantitative estimate of drug-likeness (QED) is 0.599. The predicted octanol–water partition coefficient (Wildman–Crippen LogP) is 2.76. The summed E-state index contributed by atoms with van der Waals surface area (Å²) in [5, 5.41) is 8.80. The van der Waals surface area contributed by atoms with Crippen molar-refractivity contribution in [3.63, 3.8) is 0 Å². The van der Waals surface area contributed by atoms with E-state index in [0.29, 0.717) is 5.56 Å². The van der Waals surface area contributed by atoms with Crippen LogP contribution in [0.15, 0.2) is 24.3 Å². The molecule has 0 aromatic heterocycles. The first-order chi connectivity index (χ1) is 9.30. The van der Waals surface area contributed by atoms with Gasteiger partial charge >= 0.3 is 5.97 Å². The third-order valence-corrected chi connectivity index (χ3v) is 4.46. The molecule has 2 N–H and O–H groups in total. The third kappa shape index (κ3) is 5.94. The van der Waals surface area contributed by atoms with Crippen LogP contribution in [-0.2, 0) is 17.8 Å². The number of nitrogens with one attached hydrogen (secondary N) is 1. The van der Waals surface area contributed by atoms with Gasteiger partial charge in [0, 0.05) is 17.9 Å². The first kappa shape index (κ1) is 17.0. The Kier molecular flexibility index (Phi) is 6.52. The molecule has 0 aliphatic heterocycles. The Morgan fingerprint density at radius 2 is 1.85 bits per heavy atom. The normalized spacial score (nSPS) is 13.2. The lowest BCUT2D eigenvalue weighted by atomic mass is 10.1. The maximum Gasteiger partial charge on any atom is 0.335 e. The van der Waals surface area contributed by atoms with Gasteiger partial charge < -0.3 is 9.66 Å². The van der Waals surface area contributed by atoms with Gasteiger partial charge in [-0.25, -0.2) is 4.79 Å². The smallest absolute Gasteiger partial charge is 0.335 e. The molecule has 1 aromatic carbocycles. The molecule has 5 heteroatoms. The molecule has 0 spiro atoms. The first-order valence-electron chi connectivity index (χ1n) is 6.78. The molecule has 1 atom stereocenters. The molecule has 0 saturated heterocycles. The van der Waals surface area contributed by atoms with Crippen molar-refractivity contribution in [1.29, 1.82) is 0 Å². The van der Waals surface area contributed by atoms with Crippen LogP contribution in [0.1, 0.15) is 49.5 Å². The van der Waals surface area contributed by atoms with Gasteiger partial charge in [-0.05, 0) is 57.7 Å². The Bertz CT molecular complexity index is 426. The minimum atomic E-state index is -1.01. The highest BCUT2D eigenvalue weighted by Gasteiger charge is 2.25. The molecule has 1 aromatic rings. The summed E-state index contributed by atoms with van der Waals surface area (Å²) in [6, 6.07) is 6.96. The fraction of sp³-hybridized carbons (Fsp3) is 0.533. The van der Waals surface area contributed by atoms with Gasteiger partial charge in [0.05, 0.1) is 5.56 Å². The minimum Gasteiger partial charge on any atom is -0.598 e. The zero-order valence-electron chi connectivity index (χ0n) is 12.3. The van der Waals surface area contributed by atoms with E-state index in [9.17, 15) is 9.35 Å². The Labute approximate surface area is 123 Å². The van der Waals surface area contributed by atoms with Gasteiger partial charge in [0.15, 0.2) is 0 Å². The van der Waals surface area contributed by atoms with Crippen molar-refractivity contribution in [3.8, 4) is 0 Å². The Balaban J connectivity index is 2.23. The van der Waals surface area contributed by atoms with Crippen LogP contribution in [0.25, 0.3) is 0 Å². The summed E-state index contributed by atoms with van der Waals surface area (Å²) in [4.78, 5) is 10.7. The summed E-state index contributed by atoms with van der Waals surface area (Å²) in [5.41, 5.74) is 1.45. The van der Waals surface area contributed by atoms with Crippen molar-refractivity contribution in [2.75, 3.05) is 6.54 Å². The van der Waals surface area contributed by atoms with Crippen LogP contribution in [0.2, 0.25) is 0 Å². The molecular formula is C15H23NO3S. The largest absolute Gasteiger partial charge is 0.598 e. The second-order valence-electron chi connectivity index (χ2n) is 5.73. The van der Waals surface area contributed by atoms with Gasteiger partial charge in [0.1, 0.15) is 4.75 Å². The molecule has 0 unspecified atom stereocenters. The van der Waals surface area contributed by atoms with Crippen molar-refractivity contribution in [3.05, 3.63) is 35.4 Å². The molecule has 4 nitrogen and oxygen atoms in total. The summed E-state index contributed by atoms with van der Waals surface area (Å²) in [7, 11) is 0. The van der Waals surface area contributed by atoms with Gasteiger partial charge in [-0.2, -0.15) is 0 Å². The van der Waals surface area contributed by atoms with Crippen molar-refractivity contribution < 1.29 is 14.5 Å². The van der Waals surface area contributed by atoms with E-state index in [1.807, 2.05) is 32.9 Å². The first-order valence-corrected chi connectivity index (χ1v) is 7.93. The monoisotopic (exact) mass is 297 g/mol. The lowest BCUT2D eigenvalue weighted by Gasteiger charge is -2.23. The molecular weight excluding hydrogens is 274 g/mol. The lowest BCUT2D eigenvalue weighted by Crippen LogP contribution is -2.39. The molecule has 112 valence electrons. The van der Waals surface area contributed by atoms with Crippen LogP contribution in [0, 0.1) is 0 Å². The maximum absolute atomic E-state index is 11.7. The van der Waals surface area contributed by atoms with E-state index >= 15 is 0 Å². The third-order valence-electron chi connectivity index (χ3n) is 2.88. The highest BCUT2D eigenvalue weighted by Crippen LogP contribution is 2.13. The molecule has 0 radical (unpaired) electrons. The molecule has 0 bridgehead atoms. The topological polar surface area (TPSA) is 72.4 Å². The van der Waals surface area contributed by atoms with E-state index < -0.39 is 17.3 Å². The highest BCUT2D eigenvalue weighted by atomic mass is 32.2. The van der Waals surface area contributed by atoms with Crippen LogP contribution in [-0.4, -0.2) is 26.9 Å². The Hall–Kier alpha value is -1.04.